The molecule has 0 radical (unpaired) electrons. The van der Waals surface area contributed by atoms with Crippen molar-refractivity contribution in [2.75, 3.05) is 6.61 Å². The van der Waals surface area contributed by atoms with E-state index in [9.17, 15) is 9.90 Å². The first kappa shape index (κ1) is 20.5. The summed E-state index contributed by atoms with van der Waals surface area (Å²) in [7, 11) is 0. The number of phenols is 1. The molecule has 30 heavy (non-hydrogen) atoms. The number of rotatable bonds is 5. The Morgan fingerprint density at radius 1 is 1.13 bits per heavy atom. The highest BCUT2D eigenvalue weighted by Crippen LogP contribution is 2.39. The van der Waals surface area contributed by atoms with Crippen LogP contribution in [0.5, 0.6) is 5.75 Å². The van der Waals surface area contributed by atoms with Crippen LogP contribution in [0.3, 0.4) is 0 Å². The summed E-state index contributed by atoms with van der Waals surface area (Å²) in [5.41, 5.74) is 2.58. The maximum atomic E-state index is 13.0. The van der Waals surface area contributed by atoms with Gasteiger partial charge in [0.1, 0.15) is 29.2 Å². The van der Waals surface area contributed by atoms with Gasteiger partial charge >= 0.3 is 5.97 Å². The summed E-state index contributed by atoms with van der Waals surface area (Å²) < 4.78 is 11.6. The molecule has 0 bridgehead atoms. The Hall–Kier alpha value is -2.79. The monoisotopic (exact) mass is 408 g/mol. The van der Waals surface area contributed by atoms with Gasteiger partial charge in [0.25, 0.3) is 0 Å². The molecule has 1 aliphatic rings. The molecule has 1 aromatic heterocycles. The number of furan rings is 1. The first-order valence-electron chi connectivity index (χ1n) is 10.9. The molecule has 0 spiro atoms. The summed E-state index contributed by atoms with van der Waals surface area (Å²) in [4.78, 5) is 14.5. The van der Waals surface area contributed by atoms with Crippen molar-refractivity contribution in [3.63, 3.8) is 0 Å². The van der Waals surface area contributed by atoms with E-state index in [1.54, 1.807) is 19.1 Å². The van der Waals surface area contributed by atoms with Crippen molar-refractivity contribution in [1.29, 1.82) is 0 Å². The summed E-state index contributed by atoms with van der Waals surface area (Å²) in [6.07, 6.45) is 3.57. The second-order valence-electron chi connectivity index (χ2n) is 8.31. The molecule has 158 valence electrons. The average molecular weight is 409 g/mol. The van der Waals surface area contributed by atoms with E-state index in [1.807, 2.05) is 30.3 Å². The standard InChI is InChI=1S/C25H29NO4/c1-4-29-25(28)23-22-19(15-26-16(2)9-8-10-17(26)3)20(27)13-14-21(22)30-24(23)18-11-6-5-7-12-18/h5-7,11-14,16-17,27H,4,8-10,15H2,1-3H3/p+1. The minimum atomic E-state index is -0.420. The first-order chi connectivity index (χ1) is 14.5. The summed E-state index contributed by atoms with van der Waals surface area (Å²) in [5.74, 6) is 0.272. The number of ether oxygens (including phenoxy) is 1. The fraction of sp³-hybridized carbons (Fsp3) is 0.400. The summed E-state index contributed by atoms with van der Waals surface area (Å²) >= 11 is 0. The van der Waals surface area contributed by atoms with Crippen LogP contribution in [0.2, 0.25) is 0 Å². The van der Waals surface area contributed by atoms with Crippen LogP contribution >= 0.6 is 0 Å². The molecule has 5 heteroatoms. The number of carbonyl (C=O) groups is 1. The van der Waals surface area contributed by atoms with E-state index < -0.39 is 5.97 Å². The third-order valence-corrected chi connectivity index (χ3v) is 6.38. The predicted molar refractivity (Wildman–Crippen MR) is 117 cm³/mol. The maximum absolute atomic E-state index is 13.0. The number of benzene rings is 2. The zero-order chi connectivity index (χ0) is 21.3. The third kappa shape index (κ3) is 3.70. The fourth-order valence-corrected chi connectivity index (χ4v) is 4.76. The van der Waals surface area contributed by atoms with Crippen molar-refractivity contribution in [1.82, 2.24) is 0 Å². The molecule has 3 aromatic rings. The van der Waals surface area contributed by atoms with Crippen molar-refractivity contribution in [2.45, 2.75) is 58.7 Å². The van der Waals surface area contributed by atoms with Crippen molar-refractivity contribution in [3.8, 4) is 17.1 Å². The lowest BCUT2D eigenvalue weighted by Gasteiger charge is -2.36. The lowest BCUT2D eigenvalue weighted by molar-refractivity contribution is -0.964. The minimum Gasteiger partial charge on any atom is -0.507 e. The number of quaternary nitrogens is 1. The molecular weight excluding hydrogens is 378 g/mol. The van der Waals surface area contributed by atoms with Crippen LogP contribution in [0.15, 0.2) is 46.9 Å². The minimum absolute atomic E-state index is 0.200. The number of phenolic OH excluding ortho intramolecular Hbond substituents is 1. The van der Waals surface area contributed by atoms with Crippen LogP contribution in [-0.4, -0.2) is 29.8 Å². The highest BCUT2D eigenvalue weighted by molar-refractivity contribution is 6.10. The molecule has 2 N–H and O–H groups in total. The van der Waals surface area contributed by atoms with Gasteiger partial charge in [-0.1, -0.05) is 30.3 Å². The zero-order valence-corrected chi connectivity index (χ0v) is 17.9. The quantitative estimate of drug-likeness (QED) is 0.617. The normalized spacial score (nSPS) is 21.6. The van der Waals surface area contributed by atoms with Gasteiger partial charge in [-0.05, 0) is 52.2 Å². The van der Waals surface area contributed by atoms with Crippen LogP contribution in [0.1, 0.15) is 56.0 Å². The molecule has 1 fully saturated rings. The molecule has 5 nitrogen and oxygen atoms in total. The van der Waals surface area contributed by atoms with Crippen molar-refractivity contribution >= 4 is 16.9 Å². The molecule has 0 aliphatic carbocycles. The SMILES string of the molecule is CCOC(=O)c1c(-c2ccccc2)oc2ccc(O)c(C[NH+]3C(C)CCCC3C)c12. The second-order valence-corrected chi connectivity index (χ2v) is 8.31. The Kier molecular flexibility index (Phi) is 5.82. The molecule has 0 amide bonds. The number of carbonyl (C=O) groups excluding carboxylic acids is 1. The van der Waals surface area contributed by atoms with Crippen LogP contribution in [0.25, 0.3) is 22.3 Å². The Bertz CT molecular complexity index is 1030. The molecule has 4 rings (SSSR count). The number of nitrogens with one attached hydrogen (secondary N) is 1. The summed E-state index contributed by atoms with van der Waals surface area (Å²) in [6, 6.07) is 14.0. The number of piperidine rings is 1. The first-order valence-corrected chi connectivity index (χ1v) is 10.9. The van der Waals surface area contributed by atoms with E-state index in [-0.39, 0.29) is 12.4 Å². The van der Waals surface area contributed by atoms with Gasteiger partial charge in [-0.15, -0.1) is 0 Å². The van der Waals surface area contributed by atoms with Crippen molar-refractivity contribution in [3.05, 3.63) is 53.6 Å². The molecule has 2 heterocycles. The number of hydrogen-bond acceptors (Lipinski definition) is 4. The predicted octanol–water partition coefficient (Wildman–Crippen LogP) is 4.33. The van der Waals surface area contributed by atoms with Gasteiger partial charge in [0.2, 0.25) is 0 Å². The number of likely N-dealkylation sites (tertiary alicyclic amines) is 1. The number of esters is 1. The number of aromatic hydroxyl groups is 1. The van der Waals surface area contributed by atoms with Gasteiger partial charge in [-0.25, -0.2) is 4.79 Å². The lowest BCUT2D eigenvalue weighted by atomic mass is 9.95. The molecule has 2 unspecified atom stereocenters. The van der Waals surface area contributed by atoms with Gasteiger partial charge in [0.05, 0.1) is 24.3 Å². The van der Waals surface area contributed by atoms with Crippen molar-refractivity contribution in [2.24, 2.45) is 0 Å². The van der Waals surface area contributed by atoms with E-state index in [4.69, 9.17) is 9.15 Å². The smallest absolute Gasteiger partial charge is 0.342 e. The van der Waals surface area contributed by atoms with E-state index in [1.165, 1.54) is 24.2 Å². The van der Waals surface area contributed by atoms with Gasteiger partial charge in [-0.2, -0.15) is 0 Å². The Morgan fingerprint density at radius 2 is 1.83 bits per heavy atom. The van der Waals surface area contributed by atoms with Crippen LogP contribution < -0.4 is 4.90 Å². The number of fused-ring (bicyclic) bond motifs is 1. The molecule has 1 aliphatic heterocycles. The number of hydrogen-bond donors (Lipinski definition) is 2. The fourth-order valence-electron chi connectivity index (χ4n) is 4.76. The molecule has 1 saturated heterocycles. The lowest BCUT2D eigenvalue weighted by Crippen LogP contribution is -3.18. The van der Waals surface area contributed by atoms with E-state index >= 15 is 0 Å². The van der Waals surface area contributed by atoms with Gasteiger partial charge < -0.3 is 19.2 Å². The van der Waals surface area contributed by atoms with Crippen LogP contribution in [-0.2, 0) is 11.3 Å². The van der Waals surface area contributed by atoms with Gasteiger partial charge in [0.15, 0.2) is 0 Å². The maximum Gasteiger partial charge on any atom is 0.342 e. The third-order valence-electron chi connectivity index (χ3n) is 6.38. The Balaban J connectivity index is 1.91. The molecule has 2 atom stereocenters. The molecular formula is C25H30NO4+. The average Bonchev–Trinajstić information content (AvgIpc) is 3.13. The molecule has 0 saturated carbocycles. The van der Waals surface area contributed by atoms with E-state index in [0.29, 0.717) is 40.9 Å². The summed E-state index contributed by atoms with van der Waals surface area (Å²) in [6.45, 7) is 7.24. The second kappa shape index (κ2) is 8.52. The van der Waals surface area contributed by atoms with E-state index in [0.717, 1.165) is 11.1 Å². The Labute approximate surface area is 177 Å². The molecule has 2 aromatic carbocycles. The van der Waals surface area contributed by atoms with Crippen LogP contribution in [0, 0.1) is 0 Å². The zero-order valence-electron chi connectivity index (χ0n) is 17.9. The Morgan fingerprint density at radius 3 is 2.50 bits per heavy atom. The van der Waals surface area contributed by atoms with Gasteiger partial charge in [-0.3, -0.25) is 0 Å². The summed E-state index contributed by atoms with van der Waals surface area (Å²) in [5, 5.41) is 11.5. The van der Waals surface area contributed by atoms with E-state index in [2.05, 4.69) is 13.8 Å². The largest absolute Gasteiger partial charge is 0.507 e. The highest BCUT2D eigenvalue weighted by Gasteiger charge is 2.32. The topological polar surface area (TPSA) is 64.1 Å². The van der Waals surface area contributed by atoms with Crippen molar-refractivity contribution < 1.29 is 24.0 Å². The van der Waals surface area contributed by atoms with Crippen LogP contribution in [0.4, 0.5) is 0 Å². The highest BCUT2D eigenvalue weighted by atomic mass is 16.5. The van der Waals surface area contributed by atoms with Gasteiger partial charge in [0, 0.05) is 10.9 Å².